The van der Waals surface area contributed by atoms with Gasteiger partial charge in [-0.05, 0) is 49.1 Å². The predicted molar refractivity (Wildman–Crippen MR) is 113 cm³/mol. The summed E-state index contributed by atoms with van der Waals surface area (Å²) in [4.78, 5) is 14.2. The summed E-state index contributed by atoms with van der Waals surface area (Å²) in [6.45, 7) is 4.12. The molecule has 4 nitrogen and oxygen atoms in total. The van der Waals surface area contributed by atoms with E-state index in [1.54, 1.807) is 6.07 Å². The summed E-state index contributed by atoms with van der Waals surface area (Å²) in [5.74, 6) is 0.933. The van der Waals surface area contributed by atoms with Gasteiger partial charge in [0, 0.05) is 31.1 Å². The van der Waals surface area contributed by atoms with Crippen LogP contribution in [0.5, 0.6) is 0 Å². The van der Waals surface area contributed by atoms with E-state index in [1.807, 2.05) is 42.2 Å². The Bertz CT molecular complexity index is 881. The summed E-state index contributed by atoms with van der Waals surface area (Å²) in [6, 6.07) is 12.1. The van der Waals surface area contributed by atoms with Gasteiger partial charge in [0.1, 0.15) is 11.9 Å². The van der Waals surface area contributed by atoms with Crippen molar-refractivity contribution in [2.75, 3.05) is 23.7 Å². The second kappa shape index (κ2) is 7.39. The van der Waals surface area contributed by atoms with Crippen LogP contribution in [0.3, 0.4) is 0 Å². The highest BCUT2D eigenvalue weighted by atomic mass is 32.2. The predicted octanol–water partition coefficient (Wildman–Crippen LogP) is 4.80. The van der Waals surface area contributed by atoms with Crippen molar-refractivity contribution in [3.8, 4) is 0 Å². The molecule has 0 spiro atoms. The molecule has 4 heterocycles. The number of anilines is 1. The Morgan fingerprint density at radius 1 is 1.18 bits per heavy atom. The van der Waals surface area contributed by atoms with Crippen LogP contribution in [0.25, 0.3) is 0 Å². The highest BCUT2D eigenvalue weighted by Crippen LogP contribution is 2.48. The van der Waals surface area contributed by atoms with Crippen LogP contribution in [0.2, 0.25) is 0 Å². The van der Waals surface area contributed by atoms with Crippen LogP contribution in [0, 0.1) is 5.82 Å². The van der Waals surface area contributed by atoms with Gasteiger partial charge in [-0.3, -0.25) is 9.98 Å². The first kappa shape index (κ1) is 18.0. The number of benzene rings is 1. The second-order valence-corrected chi connectivity index (χ2v) is 8.73. The fraction of sp³-hybridized carbons (Fsp3) is 0.455. The molecule has 1 aromatic heterocycles. The molecule has 5 rings (SSSR count). The Kier molecular flexibility index (Phi) is 4.75. The lowest BCUT2D eigenvalue weighted by molar-refractivity contribution is 0.255. The molecule has 6 heteroatoms. The van der Waals surface area contributed by atoms with E-state index in [4.69, 9.17) is 4.99 Å². The fourth-order valence-electron chi connectivity index (χ4n) is 4.63. The van der Waals surface area contributed by atoms with Crippen LogP contribution >= 0.6 is 11.8 Å². The van der Waals surface area contributed by atoms with Gasteiger partial charge in [-0.15, -0.1) is 0 Å². The maximum atomic E-state index is 15.1. The number of aliphatic imine (C=N–C) groups is 1. The largest absolute Gasteiger partial charge is 0.369 e. The number of amidine groups is 1. The quantitative estimate of drug-likeness (QED) is 0.743. The minimum absolute atomic E-state index is 0.00646. The van der Waals surface area contributed by atoms with Crippen molar-refractivity contribution >= 4 is 22.6 Å². The van der Waals surface area contributed by atoms with Crippen LogP contribution < -0.4 is 4.90 Å². The molecular weight excluding hydrogens is 371 g/mol. The number of hydrogen-bond acceptors (Lipinski definition) is 5. The van der Waals surface area contributed by atoms with Crippen molar-refractivity contribution in [2.24, 2.45) is 4.99 Å². The van der Waals surface area contributed by atoms with Crippen LogP contribution in [0.4, 0.5) is 10.1 Å². The van der Waals surface area contributed by atoms with E-state index in [1.165, 1.54) is 0 Å². The average Bonchev–Trinajstić information content (AvgIpc) is 3.45. The number of thioether (sulfide) groups is 1. The first-order valence-corrected chi connectivity index (χ1v) is 11.2. The molecule has 146 valence electrons. The zero-order chi connectivity index (χ0) is 19.1. The van der Waals surface area contributed by atoms with Gasteiger partial charge in [0.05, 0.1) is 17.4 Å². The van der Waals surface area contributed by atoms with Gasteiger partial charge in [-0.2, -0.15) is 0 Å². The summed E-state index contributed by atoms with van der Waals surface area (Å²) < 4.78 is 15.1. The van der Waals surface area contributed by atoms with E-state index < -0.39 is 0 Å². The molecule has 0 amide bonds. The number of hydrogen-bond donors (Lipinski definition) is 0. The van der Waals surface area contributed by atoms with E-state index in [-0.39, 0.29) is 17.9 Å². The Labute approximate surface area is 169 Å². The second-order valence-electron chi connectivity index (χ2n) is 7.74. The van der Waals surface area contributed by atoms with Crippen LogP contribution in [0.15, 0.2) is 47.6 Å². The van der Waals surface area contributed by atoms with Crippen LogP contribution in [-0.4, -0.2) is 39.9 Å². The number of halogens is 1. The Morgan fingerprint density at radius 2 is 2.04 bits per heavy atom. The Balaban J connectivity index is 1.54. The summed E-state index contributed by atoms with van der Waals surface area (Å²) in [5, 5.41) is 1.08. The van der Waals surface area contributed by atoms with Gasteiger partial charge < -0.3 is 9.80 Å². The van der Waals surface area contributed by atoms with Crippen molar-refractivity contribution < 1.29 is 4.39 Å². The van der Waals surface area contributed by atoms with Gasteiger partial charge in [0.15, 0.2) is 5.17 Å². The molecule has 3 aliphatic rings. The molecule has 2 fully saturated rings. The highest BCUT2D eigenvalue weighted by molar-refractivity contribution is 8.14. The average molecular weight is 397 g/mol. The zero-order valence-corrected chi connectivity index (χ0v) is 16.9. The standard InChI is InChI=1S/C22H25FN4S/c1-2-16-14-28-22-25-20(18-7-3-4-10-24-18)21(27(16)22)15-8-9-19(17(23)13-15)26-11-5-6-12-26/h3-4,7-10,13,16,20-21H,2,5-6,11-12,14H2,1H3/t16-,20-,21+/m0/s1. The molecule has 1 aromatic carbocycles. The van der Waals surface area contributed by atoms with Crippen molar-refractivity contribution in [2.45, 2.75) is 44.3 Å². The first-order valence-electron chi connectivity index (χ1n) is 10.2. The van der Waals surface area contributed by atoms with E-state index in [0.29, 0.717) is 6.04 Å². The van der Waals surface area contributed by atoms with Crippen LogP contribution in [0.1, 0.15) is 49.5 Å². The maximum Gasteiger partial charge on any atom is 0.160 e. The van der Waals surface area contributed by atoms with Gasteiger partial charge in [0.25, 0.3) is 0 Å². The monoisotopic (exact) mass is 396 g/mol. The molecule has 0 bridgehead atoms. The molecule has 3 aliphatic heterocycles. The molecule has 0 radical (unpaired) electrons. The van der Waals surface area contributed by atoms with E-state index >= 15 is 4.39 Å². The van der Waals surface area contributed by atoms with E-state index in [9.17, 15) is 0 Å². The maximum absolute atomic E-state index is 15.1. The molecule has 2 saturated heterocycles. The van der Waals surface area contributed by atoms with Crippen molar-refractivity contribution in [3.63, 3.8) is 0 Å². The topological polar surface area (TPSA) is 31.7 Å². The molecule has 0 unspecified atom stereocenters. The lowest BCUT2D eigenvalue weighted by Crippen LogP contribution is -2.35. The van der Waals surface area contributed by atoms with Crippen LogP contribution in [-0.2, 0) is 0 Å². The van der Waals surface area contributed by atoms with E-state index in [2.05, 4.69) is 27.8 Å². The Hall–Kier alpha value is -2.08. The number of aromatic nitrogens is 1. The van der Waals surface area contributed by atoms with Gasteiger partial charge in [0.2, 0.25) is 0 Å². The van der Waals surface area contributed by atoms with E-state index in [0.717, 1.165) is 60.2 Å². The third-order valence-corrected chi connectivity index (χ3v) is 7.22. The SMILES string of the molecule is CC[C@H]1CSC2=N[C@@H](c3ccccn3)[C@@H](c3ccc(N4CCCC4)c(F)c3)N21. The molecule has 0 aliphatic carbocycles. The zero-order valence-electron chi connectivity index (χ0n) is 16.1. The lowest BCUT2D eigenvalue weighted by atomic mass is 9.95. The van der Waals surface area contributed by atoms with Gasteiger partial charge in [-0.1, -0.05) is 30.8 Å². The highest BCUT2D eigenvalue weighted by Gasteiger charge is 2.45. The van der Waals surface area contributed by atoms with Gasteiger partial charge in [-0.25, -0.2) is 4.39 Å². The number of fused-ring (bicyclic) bond motifs is 1. The third-order valence-electron chi connectivity index (χ3n) is 6.09. The van der Waals surface area contributed by atoms with Crippen molar-refractivity contribution in [1.29, 1.82) is 0 Å². The minimum Gasteiger partial charge on any atom is -0.369 e. The molecule has 0 saturated carbocycles. The minimum atomic E-state index is -0.118. The summed E-state index contributed by atoms with van der Waals surface area (Å²) in [6.07, 6.45) is 5.17. The number of pyridine rings is 1. The smallest absolute Gasteiger partial charge is 0.160 e. The summed E-state index contributed by atoms with van der Waals surface area (Å²) in [7, 11) is 0. The normalized spacial score (nSPS) is 26.6. The van der Waals surface area contributed by atoms with Crippen molar-refractivity contribution in [3.05, 3.63) is 59.7 Å². The number of nitrogens with zero attached hydrogens (tertiary/aromatic N) is 4. The molecular formula is C22H25FN4S. The fourth-order valence-corrected chi connectivity index (χ4v) is 5.97. The molecule has 2 aromatic rings. The first-order chi connectivity index (χ1) is 13.8. The molecule has 28 heavy (non-hydrogen) atoms. The summed E-state index contributed by atoms with van der Waals surface area (Å²) in [5.41, 5.74) is 2.68. The Morgan fingerprint density at radius 3 is 2.75 bits per heavy atom. The molecule has 3 atom stereocenters. The molecule has 0 N–H and O–H groups in total. The number of rotatable bonds is 4. The summed E-state index contributed by atoms with van der Waals surface area (Å²) >= 11 is 1.82. The third kappa shape index (κ3) is 2.98. The van der Waals surface area contributed by atoms with Crippen molar-refractivity contribution in [1.82, 2.24) is 9.88 Å². The lowest BCUT2D eigenvalue weighted by Gasteiger charge is -2.32. The van der Waals surface area contributed by atoms with Gasteiger partial charge >= 0.3 is 0 Å².